The fourth-order valence-electron chi connectivity index (χ4n) is 11.1. The zero-order valence-corrected chi connectivity index (χ0v) is 31.4. The monoisotopic (exact) mass is 706 g/mol. The van der Waals surface area contributed by atoms with Gasteiger partial charge in [0.2, 0.25) is 0 Å². The predicted molar refractivity (Wildman–Crippen MR) is 201 cm³/mol. The van der Waals surface area contributed by atoms with Crippen molar-refractivity contribution in [2.24, 2.45) is 47.3 Å². The van der Waals surface area contributed by atoms with Crippen LogP contribution < -0.4 is 0 Å². The van der Waals surface area contributed by atoms with Gasteiger partial charge in [0.15, 0.2) is 0 Å². The highest BCUT2D eigenvalue weighted by Crippen LogP contribution is 2.59. The minimum absolute atomic E-state index is 0.250. The molecule has 8 fully saturated rings. The zero-order chi connectivity index (χ0) is 37.4. The van der Waals surface area contributed by atoms with E-state index in [1.807, 2.05) is 38.3 Å². The lowest BCUT2D eigenvalue weighted by Gasteiger charge is -2.51. The summed E-state index contributed by atoms with van der Waals surface area (Å²) < 4.78 is 11.8. The molecule has 10 rings (SSSR count). The number of allylic oxidation sites excluding steroid dienone is 4. The molecule has 2 aromatic carbocycles. The van der Waals surface area contributed by atoms with Crippen LogP contribution in [0.3, 0.4) is 0 Å². The third-order valence-electron chi connectivity index (χ3n) is 12.5. The Hall–Kier alpha value is -4.44. The third kappa shape index (κ3) is 8.44. The highest BCUT2D eigenvalue weighted by atomic mass is 16.5. The van der Waals surface area contributed by atoms with Gasteiger partial charge in [0.05, 0.1) is 14.2 Å². The van der Waals surface area contributed by atoms with Crippen LogP contribution in [0.1, 0.15) is 106 Å². The van der Waals surface area contributed by atoms with Gasteiger partial charge in [-0.1, -0.05) is 48.6 Å². The first-order chi connectivity index (χ1) is 25.2. The van der Waals surface area contributed by atoms with E-state index in [0.717, 1.165) is 52.4 Å². The number of ether oxygens (including phenoxy) is 2. The van der Waals surface area contributed by atoms with Crippen LogP contribution in [0.4, 0.5) is 0 Å². The molecule has 8 bridgehead atoms. The molecule has 0 saturated heterocycles. The predicted octanol–water partition coefficient (Wildman–Crippen LogP) is 9.91. The summed E-state index contributed by atoms with van der Waals surface area (Å²) in [6, 6.07) is 12.7. The molecule has 0 unspecified atom stereocenters. The first-order valence-corrected chi connectivity index (χ1v) is 19.0. The highest BCUT2D eigenvalue weighted by molar-refractivity contribution is 5.70. The lowest BCUT2D eigenvalue weighted by molar-refractivity contribution is -0.193. The molecular formula is C45H54O7. The van der Waals surface area contributed by atoms with Crippen molar-refractivity contribution in [1.29, 1.82) is 0 Å². The van der Waals surface area contributed by atoms with E-state index in [2.05, 4.69) is 50.3 Å². The van der Waals surface area contributed by atoms with Crippen LogP contribution in [0, 0.1) is 54.3 Å². The number of carbonyl (C=O) groups excluding carboxylic acids is 4. The molecule has 8 aliphatic rings. The topological polar surface area (TPSA) is 107 Å². The van der Waals surface area contributed by atoms with Gasteiger partial charge in [0, 0.05) is 16.7 Å². The van der Waals surface area contributed by atoms with E-state index < -0.39 is 0 Å². The summed E-state index contributed by atoms with van der Waals surface area (Å²) in [4.78, 5) is 32.5. The second-order valence-electron chi connectivity index (χ2n) is 15.6. The standard InChI is InChI=1S/C22H28O.C21H26O2.2CO2/c1-4-5-17-6-7-18(8-14(17)2)22(23-3)21-19-10-15-9-16(12-19)13-20(21)11-15;1-3-4-15-5-6-16(12-19(15)22)21(23-2)20-17-8-13-7-14(10-17)11-18(20)9-13;2*2-1-3/h4-8,15-16,19-20H,9-13H2,1-3H3;3-6,12-14,17-18,22H,7-11H2,1-2H3;;/b5-4+,22-21?;4-3+,21-20?;;. The second kappa shape index (κ2) is 17.9. The lowest BCUT2D eigenvalue weighted by Crippen LogP contribution is -2.40. The van der Waals surface area contributed by atoms with E-state index in [1.165, 1.54) is 92.2 Å². The normalized spacial score (nSPS) is 28.5. The average molecular weight is 707 g/mol. The summed E-state index contributed by atoms with van der Waals surface area (Å²) in [6.07, 6.45) is 22.6. The first-order valence-electron chi connectivity index (χ1n) is 19.0. The van der Waals surface area contributed by atoms with Gasteiger partial charge in [0.25, 0.3) is 0 Å². The molecular weight excluding hydrogens is 652 g/mol. The van der Waals surface area contributed by atoms with Gasteiger partial charge in [-0.05, 0) is 167 Å². The Labute approximate surface area is 308 Å². The first kappa shape index (κ1) is 38.8. The summed E-state index contributed by atoms with van der Waals surface area (Å²) in [5, 5.41) is 10.3. The maximum absolute atomic E-state index is 10.3. The smallest absolute Gasteiger partial charge is 0.373 e. The van der Waals surface area contributed by atoms with E-state index in [1.54, 1.807) is 12.7 Å². The van der Waals surface area contributed by atoms with Gasteiger partial charge in [-0.15, -0.1) is 0 Å². The summed E-state index contributed by atoms with van der Waals surface area (Å²) in [5.41, 5.74) is 9.00. The maximum Gasteiger partial charge on any atom is 0.373 e. The SMILES string of the molecule is C/C=C/c1ccc(C(OC)=C2C3CC4CC(C3)CC2C4)cc1C.C/C=C/c1ccc(C(OC)=C2C3CC4CC(C3)CC2C4)cc1O.O=C=O.O=C=O. The molecule has 8 saturated carbocycles. The summed E-state index contributed by atoms with van der Waals surface area (Å²) in [6.45, 7) is 6.24. The molecule has 7 nitrogen and oxygen atoms in total. The average Bonchev–Trinajstić information content (AvgIpc) is 3.10. The van der Waals surface area contributed by atoms with Crippen LogP contribution in [0.15, 0.2) is 59.7 Å². The molecule has 0 aliphatic heterocycles. The molecule has 0 radical (unpaired) electrons. The Morgan fingerprint density at radius 2 is 0.942 bits per heavy atom. The van der Waals surface area contributed by atoms with Crippen molar-refractivity contribution in [3.05, 3.63) is 87.5 Å². The van der Waals surface area contributed by atoms with E-state index in [0.29, 0.717) is 17.6 Å². The van der Waals surface area contributed by atoms with Gasteiger partial charge >= 0.3 is 12.3 Å². The number of aryl methyl sites for hydroxylation is 1. The van der Waals surface area contributed by atoms with Gasteiger partial charge in [0.1, 0.15) is 17.3 Å². The molecule has 8 aliphatic carbocycles. The van der Waals surface area contributed by atoms with Crippen molar-refractivity contribution in [2.75, 3.05) is 14.2 Å². The quantitative estimate of drug-likeness (QED) is 0.298. The Bertz CT molecular complexity index is 1570. The van der Waals surface area contributed by atoms with Crippen LogP contribution in [0.2, 0.25) is 0 Å². The van der Waals surface area contributed by atoms with Crippen LogP contribution in [0.25, 0.3) is 23.7 Å². The minimum atomic E-state index is 0.250. The summed E-state index contributed by atoms with van der Waals surface area (Å²) in [7, 11) is 3.65. The van der Waals surface area contributed by atoms with Crippen LogP contribution >= 0.6 is 0 Å². The highest BCUT2D eigenvalue weighted by Gasteiger charge is 2.48. The van der Waals surface area contributed by atoms with Crippen molar-refractivity contribution in [1.82, 2.24) is 0 Å². The van der Waals surface area contributed by atoms with Crippen molar-refractivity contribution in [2.45, 2.75) is 85.0 Å². The molecule has 2 aromatic rings. The lowest BCUT2D eigenvalue weighted by atomic mass is 9.54. The van der Waals surface area contributed by atoms with E-state index in [9.17, 15) is 5.11 Å². The number of phenols is 1. The number of phenolic OH excluding ortho intramolecular Hbond substituents is 1. The largest absolute Gasteiger partial charge is 0.507 e. The molecule has 0 aromatic heterocycles. The van der Waals surface area contributed by atoms with Gasteiger partial charge in [-0.25, -0.2) is 0 Å². The van der Waals surface area contributed by atoms with Crippen LogP contribution in [-0.4, -0.2) is 31.6 Å². The maximum atomic E-state index is 10.3. The van der Waals surface area contributed by atoms with Gasteiger partial charge < -0.3 is 14.6 Å². The zero-order valence-electron chi connectivity index (χ0n) is 31.4. The Balaban J connectivity index is 0.000000175. The van der Waals surface area contributed by atoms with E-state index >= 15 is 0 Å². The Morgan fingerprint density at radius 1 is 0.596 bits per heavy atom. The molecule has 0 heterocycles. The van der Waals surface area contributed by atoms with Crippen molar-refractivity contribution in [3.8, 4) is 5.75 Å². The Morgan fingerprint density at radius 3 is 1.27 bits per heavy atom. The molecule has 1 N–H and O–H groups in total. The number of aromatic hydroxyl groups is 1. The minimum Gasteiger partial charge on any atom is -0.507 e. The number of hydrogen-bond acceptors (Lipinski definition) is 7. The molecule has 276 valence electrons. The van der Waals surface area contributed by atoms with Crippen molar-refractivity contribution in [3.63, 3.8) is 0 Å². The summed E-state index contributed by atoms with van der Waals surface area (Å²) >= 11 is 0. The molecule has 0 spiro atoms. The number of benzene rings is 2. The number of methoxy groups -OCH3 is 2. The number of rotatable bonds is 6. The molecule has 52 heavy (non-hydrogen) atoms. The van der Waals surface area contributed by atoms with Gasteiger partial charge in [-0.2, -0.15) is 19.2 Å². The van der Waals surface area contributed by atoms with Crippen molar-refractivity contribution < 1.29 is 33.8 Å². The second-order valence-corrected chi connectivity index (χ2v) is 15.6. The number of hydrogen-bond donors (Lipinski definition) is 1. The fourth-order valence-corrected chi connectivity index (χ4v) is 11.1. The van der Waals surface area contributed by atoms with E-state index in [-0.39, 0.29) is 12.3 Å². The molecule has 7 heteroatoms. The fraction of sp³-hybridized carbons (Fsp3) is 0.511. The molecule has 0 amide bonds. The van der Waals surface area contributed by atoms with Crippen LogP contribution in [0.5, 0.6) is 5.75 Å². The van der Waals surface area contributed by atoms with Crippen LogP contribution in [-0.2, 0) is 28.7 Å². The summed E-state index contributed by atoms with van der Waals surface area (Å²) in [5.74, 6) is 9.44. The third-order valence-corrected chi connectivity index (χ3v) is 12.5. The van der Waals surface area contributed by atoms with E-state index in [4.69, 9.17) is 28.7 Å². The Kier molecular flexibility index (Phi) is 13.3. The van der Waals surface area contributed by atoms with Crippen molar-refractivity contribution >= 4 is 36.0 Å². The van der Waals surface area contributed by atoms with Gasteiger partial charge in [-0.3, -0.25) is 0 Å². The molecule has 0 atom stereocenters.